The van der Waals surface area contributed by atoms with Crippen LogP contribution >= 0.6 is 0 Å². The van der Waals surface area contributed by atoms with Crippen LogP contribution in [0.4, 0.5) is 0 Å². The first-order chi connectivity index (χ1) is 8.55. The zero-order valence-electron chi connectivity index (χ0n) is 10.6. The molecule has 0 aliphatic carbocycles. The summed E-state index contributed by atoms with van der Waals surface area (Å²) in [7, 11) is -1.69. The van der Waals surface area contributed by atoms with Crippen molar-refractivity contribution in [3.8, 4) is 0 Å². The van der Waals surface area contributed by atoms with Crippen LogP contribution in [0.1, 0.15) is 18.9 Å². The molecular formula is C11H18N4O2S. The summed E-state index contributed by atoms with van der Waals surface area (Å²) >= 11 is 0. The predicted octanol–water partition coefficient (Wildman–Crippen LogP) is 0.470. The van der Waals surface area contributed by atoms with Gasteiger partial charge in [0.15, 0.2) is 5.03 Å². The molecule has 2 N–H and O–H groups in total. The van der Waals surface area contributed by atoms with Crippen LogP contribution in [0, 0.1) is 0 Å². The molecule has 2 rings (SSSR count). The lowest BCUT2D eigenvalue weighted by Gasteiger charge is -2.24. The van der Waals surface area contributed by atoms with Gasteiger partial charge in [-0.3, -0.25) is 5.10 Å². The van der Waals surface area contributed by atoms with E-state index in [1.54, 1.807) is 13.2 Å². The van der Waals surface area contributed by atoms with Gasteiger partial charge in [0, 0.05) is 25.2 Å². The summed E-state index contributed by atoms with van der Waals surface area (Å²) < 4.78 is 26.4. The fraction of sp³-hybridized carbons (Fsp3) is 0.545. The highest BCUT2D eigenvalue weighted by atomic mass is 32.2. The molecule has 18 heavy (non-hydrogen) atoms. The van der Waals surface area contributed by atoms with Crippen molar-refractivity contribution < 1.29 is 8.42 Å². The van der Waals surface area contributed by atoms with E-state index >= 15 is 0 Å². The van der Waals surface area contributed by atoms with E-state index in [0.29, 0.717) is 25.2 Å². The number of hydrogen-bond donors (Lipinski definition) is 2. The maximum atomic E-state index is 12.4. The van der Waals surface area contributed by atoms with Gasteiger partial charge in [0.1, 0.15) is 0 Å². The second kappa shape index (κ2) is 5.21. The second-order valence-corrected chi connectivity index (χ2v) is 6.29. The summed E-state index contributed by atoms with van der Waals surface area (Å²) in [6.45, 7) is 3.47. The fourth-order valence-electron chi connectivity index (χ4n) is 1.94. The fourth-order valence-corrected chi connectivity index (χ4v) is 3.42. The van der Waals surface area contributed by atoms with Gasteiger partial charge in [-0.1, -0.05) is 11.6 Å². The minimum Gasteiger partial charge on any atom is -0.316 e. The van der Waals surface area contributed by atoms with E-state index in [9.17, 15) is 8.42 Å². The van der Waals surface area contributed by atoms with Gasteiger partial charge in [-0.2, -0.15) is 9.40 Å². The quantitative estimate of drug-likeness (QED) is 0.780. The van der Waals surface area contributed by atoms with Crippen molar-refractivity contribution in [2.24, 2.45) is 0 Å². The van der Waals surface area contributed by atoms with Crippen LogP contribution in [0.15, 0.2) is 22.9 Å². The third-order valence-electron chi connectivity index (χ3n) is 3.04. The molecule has 1 aromatic rings. The summed E-state index contributed by atoms with van der Waals surface area (Å²) in [4.78, 5) is 0. The van der Waals surface area contributed by atoms with Crippen LogP contribution in [-0.4, -0.2) is 43.1 Å². The summed E-state index contributed by atoms with van der Waals surface area (Å²) in [6.07, 6.45) is 4.29. The Hall–Kier alpha value is -1.18. The highest BCUT2D eigenvalue weighted by Gasteiger charge is 2.29. The first-order valence-electron chi connectivity index (χ1n) is 5.88. The van der Waals surface area contributed by atoms with Gasteiger partial charge >= 0.3 is 0 Å². The summed E-state index contributed by atoms with van der Waals surface area (Å²) in [6, 6.07) is 0. The van der Waals surface area contributed by atoms with E-state index in [1.165, 1.54) is 9.88 Å². The topological polar surface area (TPSA) is 78.1 Å². The molecule has 6 nitrogen and oxygen atoms in total. The van der Waals surface area contributed by atoms with Gasteiger partial charge in [0.2, 0.25) is 0 Å². The normalized spacial score (nSPS) is 17.8. The number of H-pyrrole nitrogens is 1. The highest BCUT2D eigenvalue weighted by molar-refractivity contribution is 7.89. The van der Waals surface area contributed by atoms with Crippen molar-refractivity contribution in [2.45, 2.75) is 24.9 Å². The number of rotatable bonds is 4. The Bertz CT molecular complexity index is 547. The number of nitrogens with zero attached hydrogens (tertiary/aromatic N) is 2. The molecule has 7 heteroatoms. The zero-order valence-corrected chi connectivity index (χ0v) is 11.4. The molecule has 1 aromatic heterocycles. The lowest BCUT2D eigenvalue weighted by molar-refractivity contribution is 0.428. The standard InChI is InChI=1S/C11H18N4O2S/c1-9-3-5-15(6-4-9)18(16,17)11-10(7-12-2)8-13-14-11/h3,8,12H,4-7H2,1-2H3,(H,13,14). The molecule has 0 saturated heterocycles. The van der Waals surface area contributed by atoms with Crippen molar-refractivity contribution in [3.63, 3.8) is 0 Å². The van der Waals surface area contributed by atoms with E-state index < -0.39 is 10.0 Å². The highest BCUT2D eigenvalue weighted by Crippen LogP contribution is 2.21. The first kappa shape index (κ1) is 13.3. The lowest BCUT2D eigenvalue weighted by Crippen LogP contribution is -2.35. The Balaban J connectivity index is 2.28. The molecule has 0 radical (unpaired) electrons. The summed E-state index contributed by atoms with van der Waals surface area (Å²) in [5.41, 5.74) is 1.91. The summed E-state index contributed by atoms with van der Waals surface area (Å²) in [5.74, 6) is 0. The van der Waals surface area contributed by atoms with Crippen LogP contribution in [0.2, 0.25) is 0 Å². The van der Waals surface area contributed by atoms with E-state index in [1.807, 2.05) is 13.0 Å². The molecule has 2 heterocycles. The predicted molar refractivity (Wildman–Crippen MR) is 68.5 cm³/mol. The minimum atomic E-state index is -3.46. The molecule has 0 amide bonds. The van der Waals surface area contributed by atoms with Crippen LogP contribution in [-0.2, 0) is 16.6 Å². The number of sulfonamides is 1. The maximum absolute atomic E-state index is 12.4. The van der Waals surface area contributed by atoms with Gasteiger partial charge in [0.25, 0.3) is 10.0 Å². The zero-order chi connectivity index (χ0) is 13.2. The SMILES string of the molecule is CNCc1cn[nH]c1S(=O)(=O)N1CC=C(C)CC1. The summed E-state index contributed by atoms with van der Waals surface area (Å²) in [5, 5.41) is 9.57. The number of nitrogens with one attached hydrogen (secondary N) is 2. The average Bonchev–Trinajstić information content (AvgIpc) is 2.79. The molecule has 0 aromatic carbocycles. The van der Waals surface area contributed by atoms with Gasteiger partial charge in [0.05, 0.1) is 6.20 Å². The Morgan fingerprint density at radius 1 is 1.56 bits per heavy atom. The molecule has 0 spiro atoms. The maximum Gasteiger partial charge on any atom is 0.260 e. The first-order valence-corrected chi connectivity index (χ1v) is 7.32. The number of aromatic amines is 1. The van der Waals surface area contributed by atoms with E-state index in [2.05, 4.69) is 15.5 Å². The van der Waals surface area contributed by atoms with Crippen molar-refractivity contribution in [2.75, 3.05) is 20.1 Å². The average molecular weight is 270 g/mol. The smallest absolute Gasteiger partial charge is 0.260 e. The molecule has 1 aliphatic heterocycles. The number of aromatic nitrogens is 2. The largest absolute Gasteiger partial charge is 0.316 e. The molecule has 0 saturated carbocycles. The third-order valence-corrected chi connectivity index (χ3v) is 4.92. The van der Waals surface area contributed by atoms with E-state index in [0.717, 1.165) is 6.42 Å². The van der Waals surface area contributed by atoms with E-state index in [4.69, 9.17) is 0 Å². The van der Waals surface area contributed by atoms with Gasteiger partial charge in [-0.05, 0) is 20.4 Å². The van der Waals surface area contributed by atoms with Crippen LogP contribution in [0.5, 0.6) is 0 Å². The lowest BCUT2D eigenvalue weighted by atomic mass is 10.1. The molecule has 100 valence electrons. The monoisotopic (exact) mass is 270 g/mol. The van der Waals surface area contributed by atoms with Crippen molar-refractivity contribution in [1.29, 1.82) is 0 Å². The molecule has 1 aliphatic rings. The van der Waals surface area contributed by atoms with Crippen LogP contribution < -0.4 is 5.32 Å². The van der Waals surface area contributed by atoms with Gasteiger partial charge in [-0.25, -0.2) is 8.42 Å². The van der Waals surface area contributed by atoms with Gasteiger partial charge in [-0.15, -0.1) is 0 Å². The number of hydrogen-bond acceptors (Lipinski definition) is 4. The Kier molecular flexibility index (Phi) is 3.84. The Morgan fingerprint density at radius 2 is 2.33 bits per heavy atom. The molecule has 0 atom stereocenters. The van der Waals surface area contributed by atoms with Crippen molar-refractivity contribution in [3.05, 3.63) is 23.4 Å². The minimum absolute atomic E-state index is 0.199. The molecule has 0 bridgehead atoms. The van der Waals surface area contributed by atoms with Gasteiger partial charge < -0.3 is 5.32 Å². The van der Waals surface area contributed by atoms with Crippen molar-refractivity contribution in [1.82, 2.24) is 19.8 Å². The Labute approximate surface area is 107 Å². The van der Waals surface area contributed by atoms with Crippen LogP contribution in [0.25, 0.3) is 0 Å². The molecule has 0 fully saturated rings. The molecule has 0 unspecified atom stereocenters. The van der Waals surface area contributed by atoms with E-state index in [-0.39, 0.29) is 5.03 Å². The Morgan fingerprint density at radius 3 is 2.94 bits per heavy atom. The third kappa shape index (κ3) is 2.47. The van der Waals surface area contributed by atoms with Crippen molar-refractivity contribution >= 4 is 10.0 Å². The second-order valence-electron chi connectivity index (χ2n) is 4.42. The van der Waals surface area contributed by atoms with Crippen LogP contribution in [0.3, 0.4) is 0 Å². The molecular weight excluding hydrogens is 252 g/mol.